The molecule has 1 aromatic carbocycles. The quantitative estimate of drug-likeness (QED) is 0.399. The Morgan fingerprint density at radius 3 is 2.37 bits per heavy atom. The number of hydrogen-bond donors (Lipinski definition) is 0. The van der Waals surface area contributed by atoms with Crippen molar-refractivity contribution in [1.82, 2.24) is 0 Å². The molecule has 2 saturated heterocycles. The van der Waals surface area contributed by atoms with E-state index in [1.165, 1.54) is 0 Å². The van der Waals surface area contributed by atoms with E-state index in [2.05, 4.69) is 6.58 Å². The zero-order valence-electron chi connectivity index (χ0n) is 15.5. The van der Waals surface area contributed by atoms with Gasteiger partial charge in [0.25, 0.3) is 0 Å². The number of aldehydes is 1. The summed E-state index contributed by atoms with van der Waals surface area (Å²) in [6.07, 6.45) is 7.28. The van der Waals surface area contributed by atoms with Crippen molar-refractivity contribution in [3.8, 4) is 0 Å². The molecule has 142 valence electrons. The van der Waals surface area contributed by atoms with Crippen LogP contribution in [-0.2, 0) is 30.1 Å². The number of aryl methyl sites for hydroxylation is 1. The number of nitrogens with zero attached hydrogens (tertiary/aromatic N) is 1. The van der Waals surface area contributed by atoms with Crippen LogP contribution in [0.25, 0.3) is 0 Å². The van der Waals surface area contributed by atoms with E-state index >= 15 is 0 Å². The van der Waals surface area contributed by atoms with Crippen molar-refractivity contribution >= 4 is 24.9 Å². The summed E-state index contributed by atoms with van der Waals surface area (Å²) in [5.74, 6) is -0.882. The van der Waals surface area contributed by atoms with E-state index in [1.54, 1.807) is 19.2 Å². The SMILES string of the molecule is C=C/C=C/CC(C=O)(CCc1ccccc1)[B-]12OC(=O)C[N+]1(C)CC(=O)O2. The Hall–Kier alpha value is -2.67. The fraction of sp³-hybridized carbons (Fsp3) is 0.350. The third kappa shape index (κ3) is 3.12. The second-order valence-corrected chi connectivity index (χ2v) is 7.65. The molecule has 0 radical (unpaired) electrons. The summed E-state index contributed by atoms with van der Waals surface area (Å²) < 4.78 is 11.4. The first kappa shape index (κ1) is 19.1. The molecule has 1 unspecified atom stereocenters. The topological polar surface area (TPSA) is 69.7 Å². The lowest BCUT2D eigenvalue weighted by molar-refractivity contribution is -0.795. The fourth-order valence-electron chi connectivity index (χ4n) is 4.48. The maximum atomic E-state index is 12.5. The number of hydrogen-bond acceptors (Lipinski definition) is 5. The molecule has 0 bridgehead atoms. The minimum Gasteiger partial charge on any atom is -0.599 e. The van der Waals surface area contributed by atoms with Crippen LogP contribution >= 0.6 is 0 Å². The van der Waals surface area contributed by atoms with Crippen molar-refractivity contribution in [1.29, 1.82) is 0 Å². The molecule has 1 aromatic rings. The molecule has 0 amide bonds. The van der Waals surface area contributed by atoms with E-state index in [0.717, 1.165) is 11.8 Å². The Labute approximate surface area is 159 Å². The molecule has 2 heterocycles. The number of benzene rings is 1. The van der Waals surface area contributed by atoms with Gasteiger partial charge in [-0.05, 0) is 18.4 Å². The molecule has 1 atom stereocenters. The molecule has 0 aliphatic carbocycles. The number of carbonyl (C=O) groups is 3. The molecule has 7 heteroatoms. The van der Waals surface area contributed by atoms with E-state index in [-0.39, 0.29) is 17.5 Å². The lowest BCUT2D eigenvalue weighted by atomic mass is 9.42. The van der Waals surface area contributed by atoms with Gasteiger partial charge in [-0.3, -0.25) is 9.59 Å². The molecule has 0 aromatic heterocycles. The fourth-order valence-corrected chi connectivity index (χ4v) is 4.48. The predicted molar refractivity (Wildman–Crippen MR) is 101 cm³/mol. The second kappa shape index (κ2) is 7.16. The highest BCUT2D eigenvalue weighted by Crippen LogP contribution is 2.53. The lowest BCUT2D eigenvalue weighted by Crippen LogP contribution is -2.67. The first-order chi connectivity index (χ1) is 12.9. The highest BCUT2D eigenvalue weighted by molar-refractivity contribution is 6.72. The minimum atomic E-state index is -2.50. The van der Waals surface area contributed by atoms with Crippen LogP contribution in [-0.4, -0.2) is 49.4 Å². The molecule has 0 N–H and O–H groups in total. The number of allylic oxidation sites excluding steroid dienone is 3. The van der Waals surface area contributed by atoms with Gasteiger partial charge in [-0.15, -0.1) is 0 Å². The summed E-state index contributed by atoms with van der Waals surface area (Å²) in [5, 5.41) is -1.14. The molecular formula is C20H24BNO5. The van der Waals surface area contributed by atoms with E-state index in [4.69, 9.17) is 9.31 Å². The van der Waals surface area contributed by atoms with Gasteiger partial charge < -0.3 is 18.5 Å². The van der Waals surface area contributed by atoms with Crippen LogP contribution in [0, 0.1) is 0 Å². The first-order valence-electron chi connectivity index (χ1n) is 9.10. The average molecular weight is 369 g/mol. The lowest BCUT2D eigenvalue weighted by Gasteiger charge is -2.49. The van der Waals surface area contributed by atoms with E-state index < -0.39 is 23.9 Å². The third-order valence-corrected chi connectivity index (χ3v) is 5.84. The molecule has 0 spiro atoms. The van der Waals surface area contributed by atoms with Gasteiger partial charge in [-0.25, -0.2) is 0 Å². The van der Waals surface area contributed by atoms with Gasteiger partial charge in [-0.2, -0.15) is 0 Å². The van der Waals surface area contributed by atoms with Gasteiger partial charge >= 0.3 is 18.6 Å². The Balaban J connectivity index is 2.03. The molecule has 2 aliphatic heterocycles. The zero-order chi connectivity index (χ0) is 19.5. The van der Waals surface area contributed by atoms with Crippen LogP contribution in [0.5, 0.6) is 0 Å². The van der Waals surface area contributed by atoms with Gasteiger partial charge in [0.15, 0.2) is 0 Å². The molecule has 2 aliphatic rings. The smallest absolute Gasteiger partial charge is 0.597 e. The van der Waals surface area contributed by atoms with Crippen LogP contribution in [0.2, 0.25) is 5.31 Å². The largest absolute Gasteiger partial charge is 0.599 e. The molecule has 27 heavy (non-hydrogen) atoms. The number of fused-ring (bicyclic) bond motifs is 1. The zero-order valence-corrected chi connectivity index (χ0v) is 15.5. The second-order valence-electron chi connectivity index (χ2n) is 7.65. The molecule has 6 nitrogen and oxygen atoms in total. The van der Waals surface area contributed by atoms with Crippen molar-refractivity contribution in [2.75, 3.05) is 20.1 Å². The van der Waals surface area contributed by atoms with Crippen LogP contribution in [0.4, 0.5) is 0 Å². The molecule has 0 saturated carbocycles. The van der Waals surface area contributed by atoms with Crippen molar-refractivity contribution in [3.63, 3.8) is 0 Å². The summed E-state index contributed by atoms with van der Waals surface area (Å²) in [6.45, 7) is 1.21. The van der Waals surface area contributed by atoms with E-state index in [9.17, 15) is 14.4 Å². The van der Waals surface area contributed by atoms with E-state index in [0.29, 0.717) is 19.3 Å². The number of likely N-dealkylation sites (N-methyl/N-ethyl adjacent to an activating group) is 1. The average Bonchev–Trinajstić information content (AvgIpc) is 3.03. The van der Waals surface area contributed by atoms with Crippen LogP contribution < -0.4 is 0 Å². The van der Waals surface area contributed by atoms with Gasteiger partial charge in [0.2, 0.25) is 0 Å². The van der Waals surface area contributed by atoms with Gasteiger partial charge in [0.1, 0.15) is 19.4 Å². The van der Waals surface area contributed by atoms with Crippen molar-refractivity contribution in [2.24, 2.45) is 0 Å². The van der Waals surface area contributed by atoms with Crippen molar-refractivity contribution < 1.29 is 28.1 Å². The highest BCUT2D eigenvalue weighted by Gasteiger charge is 2.74. The summed E-state index contributed by atoms with van der Waals surface area (Å²) in [7, 11) is 1.76. The summed E-state index contributed by atoms with van der Waals surface area (Å²) in [4.78, 5) is 36.8. The summed E-state index contributed by atoms with van der Waals surface area (Å²) >= 11 is 0. The number of quaternary nitrogens is 1. The monoisotopic (exact) mass is 369 g/mol. The van der Waals surface area contributed by atoms with E-state index in [1.807, 2.05) is 36.4 Å². The maximum absolute atomic E-state index is 12.5. The first-order valence-corrected chi connectivity index (χ1v) is 9.10. The number of carbonyl (C=O) groups excluding carboxylic acids is 3. The standard InChI is InChI=1S/C20H24BNO5/c1-3-4-8-12-20(16-23,13-11-17-9-6-5-7-10-17)21-22(2,14-18(24)26-21)15-19(25)27-21/h3-10,16H,1,11-15H2,2H3/b8-4+. The summed E-state index contributed by atoms with van der Waals surface area (Å²) in [6, 6.07) is 9.76. The Morgan fingerprint density at radius 2 is 1.81 bits per heavy atom. The van der Waals surface area contributed by atoms with Crippen LogP contribution in [0.1, 0.15) is 18.4 Å². The normalized spacial score (nSPS) is 29.1. The van der Waals surface area contributed by atoms with Crippen molar-refractivity contribution in [3.05, 3.63) is 60.7 Å². The van der Waals surface area contributed by atoms with Gasteiger partial charge in [0.05, 0.1) is 5.31 Å². The highest BCUT2D eigenvalue weighted by atomic mass is 16.7. The van der Waals surface area contributed by atoms with Crippen LogP contribution in [0.15, 0.2) is 55.1 Å². The summed E-state index contributed by atoms with van der Waals surface area (Å²) in [5.41, 5.74) is 1.06. The predicted octanol–water partition coefficient (Wildman–Crippen LogP) is 2.19. The Bertz CT molecular complexity index is 771. The van der Waals surface area contributed by atoms with Crippen molar-refractivity contribution in [2.45, 2.75) is 24.6 Å². The van der Waals surface area contributed by atoms with Gasteiger partial charge in [-0.1, -0.05) is 61.6 Å². The van der Waals surface area contributed by atoms with Gasteiger partial charge in [0, 0.05) is 7.05 Å². The maximum Gasteiger partial charge on any atom is 0.597 e. The third-order valence-electron chi connectivity index (χ3n) is 5.84. The Kier molecular flexibility index (Phi) is 5.06. The molecule has 2 fully saturated rings. The minimum absolute atomic E-state index is 0.00682. The molecule has 3 rings (SSSR count). The van der Waals surface area contributed by atoms with Crippen LogP contribution in [0.3, 0.4) is 0 Å². The Morgan fingerprint density at radius 1 is 1.19 bits per heavy atom. The molecular weight excluding hydrogens is 345 g/mol. The number of rotatable bonds is 8.